The van der Waals surface area contributed by atoms with Crippen LogP contribution in [0, 0.1) is 47.3 Å². The van der Waals surface area contributed by atoms with Gasteiger partial charge in [0.25, 0.3) is 0 Å². The zero-order chi connectivity index (χ0) is 58.4. The third kappa shape index (κ3) is 7.59. The van der Waals surface area contributed by atoms with Crippen LogP contribution in [0.1, 0.15) is 128 Å². The maximum absolute atomic E-state index is 3.45. The van der Waals surface area contributed by atoms with Gasteiger partial charge < -0.3 is 29.4 Å². The van der Waals surface area contributed by atoms with Gasteiger partial charge in [-0.15, -0.1) is 0 Å². The quantitative estimate of drug-likeness (QED) is 0.154. The third-order valence-corrected chi connectivity index (χ3v) is 37.2. The summed E-state index contributed by atoms with van der Waals surface area (Å²) in [4.78, 5) is 20.6. The molecule has 6 aliphatic heterocycles. The Morgan fingerprint density at radius 2 is 0.411 bits per heavy atom. The van der Waals surface area contributed by atoms with Crippen molar-refractivity contribution in [2.24, 2.45) is 47.3 Å². The molecule has 464 valence electrons. The van der Waals surface area contributed by atoms with E-state index in [1.807, 2.05) is 0 Å². The van der Waals surface area contributed by atoms with Crippen molar-refractivity contribution in [1.82, 2.24) is 0 Å². The number of benzene rings is 6. The SMILES string of the molecule is c1ccc(N2C3CC4CCCCC4C4C3P3C5C(CC6CCCCC6C5N4c4ccccc4)N(c4ccccc4)C4C5C6C(C2C43)N(c2ccccc2)C2CC3CCCCC3C3C2P6C2C(CC4CCCCC4C2N3c2ccccc2)N5c2ccccc2)cc1. The van der Waals surface area contributed by atoms with Gasteiger partial charge in [-0.05, 0) is 172 Å². The lowest BCUT2D eigenvalue weighted by molar-refractivity contribution is 0.0416. The van der Waals surface area contributed by atoms with E-state index in [-0.39, 0.29) is 0 Å². The highest BCUT2D eigenvalue weighted by molar-refractivity contribution is 7.61. The Morgan fingerprint density at radius 1 is 0.211 bits per heavy atom. The van der Waals surface area contributed by atoms with E-state index >= 15 is 0 Å². The molecule has 0 amide bonds. The fourth-order valence-corrected chi connectivity index (χ4v) is 37.8. The number of hydrogen-bond acceptors (Lipinski definition) is 6. The first-order chi connectivity index (χ1) is 44.8. The first kappa shape index (κ1) is 54.4. The Labute approximate surface area is 540 Å². The number of fused-ring (bicyclic) bond motifs is 10. The van der Waals surface area contributed by atoms with Crippen molar-refractivity contribution in [3.8, 4) is 0 Å². The van der Waals surface area contributed by atoms with Gasteiger partial charge in [0.2, 0.25) is 0 Å². The molecule has 6 saturated heterocycles. The Balaban J connectivity index is 0.893. The van der Waals surface area contributed by atoms with Gasteiger partial charge >= 0.3 is 0 Å². The minimum atomic E-state index is -0.511. The van der Waals surface area contributed by atoms with Gasteiger partial charge in [0.15, 0.2) is 0 Å². The standard InChI is InChI=1S/C82H96N6P2/c1-7-31-55(32-8-1)83-65-47-51-27-19-23-43-61(51)69-77(65)89-78-67(49-53-29-21-24-44-62(53)70(78)87(69)59-39-15-5-16-40-59)85(57-35-11-3-12-36-57)75-76-82-74(73(83)81(75)89)84(56-33-9-2-10-34-56)66-48-52-28-20-25-45-63(52)71-79(66)90(82)80-68(86(76)58-37-13-4-14-38-58)50-54-30-22-26-46-64(54)72(80)88(71)60-41-17-6-18-42-60/h1-18,31-42,51-54,61-82H,19-30,43-50H2. The van der Waals surface area contributed by atoms with Crippen LogP contribution < -0.4 is 29.4 Å². The Morgan fingerprint density at radius 3 is 0.633 bits per heavy atom. The normalized spacial score (nSPS) is 45.2. The molecule has 24 unspecified atom stereocenters. The van der Waals surface area contributed by atoms with Crippen LogP contribution in [0.5, 0.6) is 0 Å². The van der Waals surface area contributed by atoms with E-state index < -0.39 is 15.8 Å². The van der Waals surface area contributed by atoms with Crippen molar-refractivity contribution in [3.63, 3.8) is 0 Å². The van der Waals surface area contributed by atoms with E-state index in [1.54, 1.807) is 34.1 Å². The van der Waals surface area contributed by atoms with Crippen LogP contribution in [0.3, 0.4) is 0 Å². The van der Waals surface area contributed by atoms with E-state index in [4.69, 9.17) is 0 Å². The first-order valence-corrected chi connectivity index (χ1v) is 40.4. The lowest BCUT2D eigenvalue weighted by Gasteiger charge is -2.83. The zero-order valence-electron chi connectivity index (χ0n) is 53.1. The summed E-state index contributed by atoms with van der Waals surface area (Å²) in [6.07, 6.45) is 28.3. The van der Waals surface area contributed by atoms with Crippen LogP contribution >= 0.6 is 15.8 Å². The van der Waals surface area contributed by atoms with Crippen molar-refractivity contribution in [1.29, 1.82) is 0 Å². The average Bonchev–Trinajstić information content (AvgIpc) is 0.648. The van der Waals surface area contributed by atoms with E-state index in [2.05, 4.69) is 211 Å². The summed E-state index contributed by atoms with van der Waals surface area (Å²) < 4.78 is 0. The van der Waals surface area contributed by atoms with E-state index in [1.165, 1.54) is 128 Å². The van der Waals surface area contributed by atoms with Crippen LogP contribution in [-0.2, 0) is 0 Å². The fraction of sp³-hybridized carbons (Fsp3) is 0.561. The minimum Gasteiger partial charge on any atom is -0.364 e. The largest absolute Gasteiger partial charge is 0.364 e. The molecule has 8 heteroatoms. The Hall–Kier alpha value is -5.02. The van der Waals surface area contributed by atoms with Crippen LogP contribution in [0.25, 0.3) is 0 Å². The number of para-hydroxylation sites is 6. The van der Waals surface area contributed by atoms with Crippen molar-refractivity contribution in [2.75, 3.05) is 29.4 Å². The van der Waals surface area contributed by atoms with Crippen LogP contribution in [0.4, 0.5) is 34.1 Å². The van der Waals surface area contributed by atoms with Crippen molar-refractivity contribution in [2.45, 2.75) is 235 Å². The molecule has 0 N–H and O–H groups in total. The second-order valence-corrected chi connectivity index (χ2v) is 37.6. The smallest absolute Gasteiger partial charge is 0.0592 e. The number of hydrogen-bond donors (Lipinski definition) is 0. The molecule has 0 radical (unpaired) electrons. The molecule has 90 heavy (non-hydrogen) atoms. The summed E-state index contributed by atoms with van der Waals surface area (Å²) in [6, 6.07) is 81.6. The summed E-state index contributed by atoms with van der Waals surface area (Å²) in [5, 5.41) is 0. The molecular formula is C82H96N6P2. The summed E-state index contributed by atoms with van der Waals surface area (Å²) in [5.41, 5.74) is 13.2. The molecule has 6 aromatic rings. The zero-order valence-corrected chi connectivity index (χ0v) is 54.8. The summed E-state index contributed by atoms with van der Waals surface area (Å²) in [5.74, 6) is 6.14. The van der Waals surface area contributed by atoms with Gasteiger partial charge in [-0.25, -0.2) is 0 Å². The molecule has 21 rings (SSSR count). The molecule has 0 spiro atoms. The van der Waals surface area contributed by atoms with Gasteiger partial charge in [0.1, 0.15) is 0 Å². The van der Waals surface area contributed by atoms with Crippen LogP contribution in [0.15, 0.2) is 182 Å². The second-order valence-electron chi connectivity index (χ2n) is 32.3. The van der Waals surface area contributed by atoms with E-state index in [0.29, 0.717) is 106 Å². The van der Waals surface area contributed by atoms with Gasteiger partial charge in [0.05, 0.1) is 24.2 Å². The average molecular weight is 1230 g/mol. The van der Waals surface area contributed by atoms with Crippen molar-refractivity contribution >= 4 is 50.0 Å². The Bertz CT molecular complexity index is 3140. The van der Waals surface area contributed by atoms with E-state index in [9.17, 15) is 0 Å². The molecular weight excluding hydrogens is 1130 g/mol. The predicted octanol–water partition coefficient (Wildman–Crippen LogP) is 17.6. The summed E-state index contributed by atoms with van der Waals surface area (Å²) in [7, 11) is -1.02. The lowest BCUT2D eigenvalue weighted by atomic mass is 9.60. The molecule has 6 heterocycles. The van der Waals surface area contributed by atoms with Gasteiger partial charge in [-0.1, -0.05) is 202 Å². The molecule has 15 aliphatic rings. The third-order valence-electron chi connectivity index (χ3n) is 29.3. The highest BCUT2D eigenvalue weighted by Crippen LogP contribution is 2.81. The predicted molar refractivity (Wildman–Crippen MR) is 376 cm³/mol. The molecule has 0 aromatic heterocycles. The topological polar surface area (TPSA) is 19.4 Å². The van der Waals surface area contributed by atoms with Gasteiger partial charge in [0, 0.05) is 116 Å². The van der Waals surface area contributed by atoms with Crippen molar-refractivity contribution < 1.29 is 0 Å². The molecule has 9 saturated carbocycles. The summed E-state index contributed by atoms with van der Waals surface area (Å²) in [6.45, 7) is 0. The molecule has 9 aliphatic carbocycles. The number of nitrogens with zero attached hydrogens (tertiary/aromatic N) is 6. The van der Waals surface area contributed by atoms with Crippen LogP contribution in [-0.4, -0.2) is 106 Å². The second kappa shape index (κ2) is 21.2. The van der Waals surface area contributed by atoms with E-state index in [0.717, 1.165) is 47.3 Å². The first-order valence-electron chi connectivity index (χ1n) is 37.3. The maximum Gasteiger partial charge on any atom is 0.0592 e. The van der Waals surface area contributed by atoms with Gasteiger partial charge in [-0.2, -0.15) is 0 Å². The number of rotatable bonds is 6. The van der Waals surface area contributed by atoms with Crippen molar-refractivity contribution in [3.05, 3.63) is 182 Å². The lowest BCUT2D eigenvalue weighted by Crippen LogP contribution is -2.92. The monoisotopic (exact) mass is 1230 g/mol. The minimum absolute atomic E-state index is 0.406. The highest BCUT2D eigenvalue weighted by atomic mass is 31.1. The maximum atomic E-state index is 3.45. The molecule has 6 aromatic carbocycles. The molecule has 6 nitrogen and oxygen atoms in total. The van der Waals surface area contributed by atoms with Crippen LogP contribution in [0.2, 0.25) is 0 Å². The summed E-state index contributed by atoms with van der Waals surface area (Å²) >= 11 is 0. The fourth-order valence-electron chi connectivity index (χ4n) is 27.2. The Kier molecular flexibility index (Phi) is 12.8. The number of anilines is 6. The molecule has 24 atom stereocenters. The molecule has 0 bridgehead atoms. The highest BCUT2D eigenvalue weighted by Gasteiger charge is 2.80. The van der Waals surface area contributed by atoms with Gasteiger partial charge in [-0.3, -0.25) is 0 Å². The molecule has 15 fully saturated rings.